The van der Waals surface area contributed by atoms with E-state index in [0.717, 1.165) is 12.0 Å². The molecule has 0 spiro atoms. The first kappa shape index (κ1) is 23.1. The number of hydrogen-bond donors (Lipinski definition) is 1. The normalized spacial score (nSPS) is 17.8. The molecule has 1 saturated heterocycles. The summed E-state index contributed by atoms with van der Waals surface area (Å²) in [6.07, 6.45) is -1.12. The third kappa shape index (κ3) is 6.01. The molecule has 2 aromatic rings. The minimum absolute atomic E-state index is 0.112. The van der Waals surface area contributed by atoms with Gasteiger partial charge in [-0.2, -0.15) is 8.78 Å². The molecule has 2 amide bonds. The van der Waals surface area contributed by atoms with Gasteiger partial charge in [0.2, 0.25) is 5.91 Å². The summed E-state index contributed by atoms with van der Waals surface area (Å²) in [5.74, 6) is -0.682. The van der Waals surface area contributed by atoms with Crippen molar-refractivity contribution in [3.05, 3.63) is 60.2 Å². The molecule has 0 unspecified atom stereocenters. The van der Waals surface area contributed by atoms with Crippen molar-refractivity contribution < 1.29 is 37.4 Å². The first-order valence-corrected chi connectivity index (χ1v) is 9.79. The molecule has 0 radical (unpaired) electrons. The first-order chi connectivity index (χ1) is 15.4. The third-order valence-corrected chi connectivity index (χ3v) is 4.85. The average molecular weight is 448 g/mol. The van der Waals surface area contributed by atoms with E-state index < -0.39 is 43.1 Å². The molecule has 1 fully saturated rings. The minimum atomic E-state index is -3.03. The van der Waals surface area contributed by atoms with Crippen molar-refractivity contribution in [2.75, 3.05) is 20.2 Å². The van der Waals surface area contributed by atoms with Crippen LogP contribution in [0.5, 0.6) is 11.5 Å². The lowest BCUT2D eigenvalue weighted by Crippen LogP contribution is -2.46. The Hall–Kier alpha value is -3.53. The molecule has 1 N–H and O–H groups in total. The second-order valence-electron chi connectivity index (χ2n) is 6.96. The Morgan fingerprint density at radius 3 is 2.34 bits per heavy atom. The van der Waals surface area contributed by atoms with E-state index >= 15 is 0 Å². The van der Waals surface area contributed by atoms with Crippen LogP contribution in [0.4, 0.5) is 8.78 Å². The number of ether oxygens (including phenoxy) is 3. The fourth-order valence-corrected chi connectivity index (χ4v) is 3.34. The topological polar surface area (TPSA) is 94.2 Å². The fourth-order valence-electron chi connectivity index (χ4n) is 3.34. The summed E-state index contributed by atoms with van der Waals surface area (Å²) < 4.78 is 39.8. The maximum Gasteiger partial charge on any atom is 0.345 e. The molecule has 1 aliphatic heterocycles. The molecule has 1 heterocycles. The summed E-state index contributed by atoms with van der Waals surface area (Å²) >= 11 is 0. The van der Waals surface area contributed by atoms with Crippen LogP contribution in [-0.4, -0.2) is 61.6 Å². The fraction of sp³-hybridized carbons (Fsp3) is 0.318. The van der Waals surface area contributed by atoms with Crippen LogP contribution < -0.4 is 10.1 Å². The van der Waals surface area contributed by atoms with Gasteiger partial charge >= 0.3 is 12.6 Å². The number of para-hydroxylation sites is 1. The average Bonchev–Trinajstić information content (AvgIpc) is 3.21. The number of halogens is 2. The van der Waals surface area contributed by atoms with Gasteiger partial charge in [-0.25, -0.2) is 4.79 Å². The number of hydrogen-bond acceptors (Lipinski definition) is 6. The number of likely N-dealkylation sites (tertiary alicyclic amines) is 1. The van der Waals surface area contributed by atoms with Gasteiger partial charge in [0.05, 0.1) is 19.8 Å². The van der Waals surface area contributed by atoms with Crippen LogP contribution in [0.25, 0.3) is 0 Å². The number of amides is 2. The van der Waals surface area contributed by atoms with Crippen LogP contribution in [0.1, 0.15) is 16.8 Å². The molecule has 8 nitrogen and oxygen atoms in total. The van der Waals surface area contributed by atoms with Gasteiger partial charge < -0.3 is 24.4 Å². The predicted octanol–water partition coefficient (Wildman–Crippen LogP) is 2.59. The Kier molecular flexibility index (Phi) is 7.72. The van der Waals surface area contributed by atoms with E-state index in [-0.39, 0.29) is 13.0 Å². The van der Waals surface area contributed by atoms with E-state index in [9.17, 15) is 23.2 Å². The molecule has 32 heavy (non-hydrogen) atoms. The van der Waals surface area contributed by atoms with Crippen molar-refractivity contribution in [1.82, 2.24) is 10.2 Å². The molecule has 2 aromatic carbocycles. The third-order valence-electron chi connectivity index (χ3n) is 4.85. The number of esters is 1. The lowest BCUT2D eigenvalue weighted by atomic mass is 10.2. The molecule has 10 heteroatoms. The van der Waals surface area contributed by atoms with Crippen LogP contribution in [0, 0.1) is 0 Å². The van der Waals surface area contributed by atoms with Crippen molar-refractivity contribution in [3.63, 3.8) is 0 Å². The standard InChI is InChI=1S/C22H22F2N2O6/c1-30-21(29)18-11-17(32-22(23)24)13-26(18)19(27)12-25-20(28)14-7-9-16(10-8-14)31-15-5-3-2-4-6-15/h2-10,17-18,22H,11-13H2,1H3,(H,25,28)/t17-,18-/m0/s1. The largest absolute Gasteiger partial charge is 0.467 e. The highest BCUT2D eigenvalue weighted by Crippen LogP contribution is 2.24. The number of alkyl halides is 2. The molecule has 0 aliphatic carbocycles. The number of benzene rings is 2. The maximum atomic E-state index is 12.5. The van der Waals surface area contributed by atoms with E-state index in [2.05, 4.69) is 14.8 Å². The summed E-state index contributed by atoms with van der Waals surface area (Å²) in [7, 11) is 1.14. The Balaban J connectivity index is 1.56. The zero-order valence-corrected chi connectivity index (χ0v) is 17.2. The van der Waals surface area contributed by atoms with E-state index in [0.29, 0.717) is 17.1 Å². The zero-order chi connectivity index (χ0) is 23.1. The minimum Gasteiger partial charge on any atom is -0.467 e. The Morgan fingerprint density at radius 1 is 1.06 bits per heavy atom. The quantitative estimate of drug-likeness (QED) is 0.624. The number of carbonyl (C=O) groups excluding carboxylic acids is 3. The SMILES string of the molecule is COC(=O)[C@@H]1C[C@H](OC(F)F)CN1C(=O)CNC(=O)c1ccc(Oc2ccccc2)cc1. The summed E-state index contributed by atoms with van der Waals surface area (Å²) in [5, 5.41) is 2.47. The zero-order valence-electron chi connectivity index (χ0n) is 17.2. The van der Waals surface area contributed by atoms with Gasteiger partial charge in [-0.3, -0.25) is 9.59 Å². The molecule has 0 saturated carbocycles. The number of carbonyl (C=O) groups is 3. The molecular weight excluding hydrogens is 426 g/mol. The van der Waals surface area contributed by atoms with Gasteiger partial charge in [0.1, 0.15) is 17.5 Å². The molecule has 1 aliphatic rings. The number of methoxy groups -OCH3 is 1. The van der Waals surface area contributed by atoms with E-state index in [4.69, 9.17) is 4.74 Å². The molecule has 170 valence electrons. The van der Waals surface area contributed by atoms with Gasteiger partial charge in [0, 0.05) is 18.5 Å². The van der Waals surface area contributed by atoms with Gasteiger partial charge in [-0.05, 0) is 36.4 Å². The lowest BCUT2D eigenvalue weighted by molar-refractivity contribution is -0.160. The van der Waals surface area contributed by atoms with Crippen LogP contribution in [-0.2, 0) is 19.1 Å². The summed E-state index contributed by atoms with van der Waals surface area (Å²) in [6.45, 7) is -3.65. The summed E-state index contributed by atoms with van der Waals surface area (Å²) in [5.41, 5.74) is 0.295. The van der Waals surface area contributed by atoms with Crippen LogP contribution in [0.15, 0.2) is 54.6 Å². The van der Waals surface area contributed by atoms with E-state index in [1.807, 2.05) is 18.2 Å². The molecular formula is C22H22F2N2O6. The van der Waals surface area contributed by atoms with Gasteiger partial charge in [-0.1, -0.05) is 18.2 Å². The Morgan fingerprint density at radius 2 is 1.72 bits per heavy atom. The Bertz CT molecular complexity index is 939. The number of nitrogens with zero attached hydrogens (tertiary/aromatic N) is 1. The first-order valence-electron chi connectivity index (χ1n) is 9.79. The monoisotopic (exact) mass is 448 g/mol. The highest BCUT2D eigenvalue weighted by molar-refractivity contribution is 5.97. The molecule has 2 atom stereocenters. The van der Waals surface area contributed by atoms with Gasteiger partial charge in [0.25, 0.3) is 5.91 Å². The van der Waals surface area contributed by atoms with Gasteiger partial charge in [-0.15, -0.1) is 0 Å². The maximum absolute atomic E-state index is 12.5. The number of rotatable bonds is 8. The highest BCUT2D eigenvalue weighted by atomic mass is 19.3. The van der Waals surface area contributed by atoms with Crippen molar-refractivity contribution >= 4 is 17.8 Å². The highest BCUT2D eigenvalue weighted by Gasteiger charge is 2.41. The summed E-state index contributed by atoms with van der Waals surface area (Å²) in [6, 6.07) is 14.4. The number of nitrogens with one attached hydrogen (secondary N) is 1. The summed E-state index contributed by atoms with van der Waals surface area (Å²) in [4.78, 5) is 37.9. The second-order valence-corrected chi connectivity index (χ2v) is 6.96. The molecule has 3 rings (SSSR count). The predicted molar refractivity (Wildman–Crippen MR) is 108 cm³/mol. The smallest absolute Gasteiger partial charge is 0.345 e. The van der Waals surface area contributed by atoms with Crippen LogP contribution in [0.2, 0.25) is 0 Å². The molecule has 0 aromatic heterocycles. The van der Waals surface area contributed by atoms with Crippen molar-refractivity contribution in [2.45, 2.75) is 25.2 Å². The Labute approximate surface area is 183 Å². The van der Waals surface area contributed by atoms with Crippen LogP contribution in [0.3, 0.4) is 0 Å². The lowest BCUT2D eigenvalue weighted by Gasteiger charge is -2.22. The van der Waals surface area contributed by atoms with E-state index in [1.54, 1.807) is 24.3 Å². The molecule has 0 bridgehead atoms. The van der Waals surface area contributed by atoms with Crippen molar-refractivity contribution in [3.8, 4) is 11.5 Å². The van der Waals surface area contributed by atoms with Crippen molar-refractivity contribution in [1.29, 1.82) is 0 Å². The van der Waals surface area contributed by atoms with E-state index in [1.165, 1.54) is 12.1 Å². The second kappa shape index (κ2) is 10.7. The van der Waals surface area contributed by atoms with Crippen LogP contribution >= 0.6 is 0 Å². The van der Waals surface area contributed by atoms with Gasteiger partial charge in [0.15, 0.2) is 0 Å². The van der Waals surface area contributed by atoms with Crippen molar-refractivity contribution in [2.24, 2.45) is 0 Å².